The van der Waals surface area contributed by atoms with Gasteiger partial charge in [-0.3, -0.25) is 4.79 Å². The van der Waals surface area contributed by atoms with E-state index in [0.29, 0.717) is 18.0 Å². The normalized spacial score (nSPS) is 11.7. The van der Waals surface area contributed by atoms with E-state index in [1.807, 2.05) is 43.3 Å². The van der Waals surface area contributed by atoms with Crippen LogP contribution in [-0.2, 0) is 0 Å². The van der Waals surface area contributed by atoms with Crippen molar-refractivity contribution in [1.82, 2.24) is 5.32 Å². The van der Waals surface area contributed by atoms with Crippen LogP contribution in [-0.4, -0.2) is 12.5 Å². The number of aryl methyl sites for hydroxylation is 1. The van der Waals surface area contributed by atoms with Gasteiger partial charge in [0.05, 0.1) is 0 Å². The third-order valence-electron chi connectivity index (χ3n) is 3.90. The minimum atomic E-state index is -0.200. The molecule has 1 amide bonds. The maximum Gasteiger partial charge on any atom is 0.251 e. The van der Waals surface area contributed by atoms with E-state index in [0.717, 1.165) is 11.1 Å². The fraction of sp³-hybridized carbons (Fsp3) is 0.316. The Morgan fingerprint density at radius 1 is 1.04 bits per heavy atom. The second-order valence-corrected chi connectivity index (χ2v) is 5.95. The molecule has 0 bridgehead atoms. The molecule has 0 heterocycles. The Hall–Kier alpha value is -1.84. The molecule has 0 aliphatic rings. The van der Waals surface area contributed by atoms with Gasteiger partial charge in [-0.25, -0.2) is 0 Å². The molecule has 3 nitrogen and oxygen atoms in total. The van der Waals surface area contributed by atoms with Crippen molar-refractivity contribution in [3.8, 4) is 0 Å². The van der Waals surface area contributed by atoms with Gasteiger partial charge >= 0.3 is 0 Å². The fourth-order valence-corrected chi connectivity index (χ4v) is 2.37. The van der Waals surface area contributed by atoms with Gasteiger partial charge in [-0.1, -0.05) is 56.3 Å². The first kappa shape index (κ1) is 19.2. The van der Waals surface area contributed by atoms with Crippen molar-refractivity contribution in [3.63, 3.8) is 0 Å². The van der Waals surface area contributed by atoms with Crippen LogP contribution in [0.1, 0.15) is 52.9 Å². The number of hydrogen-bond donors (Lipinski definition) is 2. The second kappa shape index (κ2) is 8.70. The van der Waals surface area contributed by atoms with E-state index in [4.69, 9.17) is 5.73 Å². The van der Waals surface area contributed by atoms with E-state index in [1.54, 1.807) is 0 Å². The van der Waals surface area contributed by atoms with Crippen molar-refractivity contribution in [2.45, 2.75) is 32.7 Å². The number of benzene rings is 2. The highest BCUT2D eigenvalue weighted by atomic mass is 35.5. The number of nitrogens with one attached hydrogen (secondary N) is 1. The van der Waals surface area contributed by atoms with Gasteiger partial charge in [-0.2, -0.15) is 0 Å². The van der Waals surface area contributed by atoms with E-state index in [-0.39, 0.29) is 24.4 Å². The third-order valence-corrected chi connectivity index (χ3v) is 3.90. The van der Waals surface area contributed by atoms with E-state index in [1.165, 1.54) is 5.56 Å². The predicted molar refractivity (Wildman–Crippen MR) is 98.2 cm³/mol. The molecule has 0 aliphatic carbocycles. The summed E-state index contributed by atoms with van der Waals surface area (Å²) in [5, 5.41) is 2.91. The highest BCUT2D eigenvalue weighted by molar-refractivity contribution is 5.95. The van der Waals surface area contributed by atoms with Gasteiger partial charge in [0.2, 0.25) is 0 Å². The summed E-state index contributed by atoms with van der Waals surface area (Å²) in [6.07, 6.45) is 0. The molecule has 0 aromatic heterocycles. The van der Waals surface area contributed by atoms with Crippen LogP contribution in [0.15, 0.2) is 48.5 Å². The molecule has 2 aromatic carbocycles. The summed E-state index contributed by atoms with van der Waals surface area (Å²) in [6.45, 7) is 6.68. The Balaban J connectivity index is 0.00000264. The van der Waals surface area contributed by atoms with Crippen LogP contribution < -0.4 is 11.1 Å². The molecule has 2 aromatic rings. The molecule has 0 spiro atoms. The highest BCUT2D eigenvalue weighted by Gasteiger charge is 2.11. The molecular weight excluding hydrogens is 308 g/mol. The van der Waals surface area contributed by atoms with Crippen molar-refractivity contribution >= 4 is 18.3 Å². The molecule has 0 aliphatic heterocycles. The van der Waals surface area contributed by atoms with Crippen LogP contribution >= 0.6 is 12.4 Å². The smallest absolute Gasteiger partial charge is 0.251 e. The Bertz CT molecular complexity index is 638. The monoisotopic (exact) mass is 332 g/mol. The molecule has 0 saturated heterocycles. The van der Waals surface area contributed by atoms with Gasteiger partial charge in [-0.05, 0) is 35.6 Å². The van der Waals surface area contributed by atoms with Crippen molar-refractivity contribution < 1.29 is 4.79 Å². The van der Waals surface area contributed by atoms with Gasteiger partial charge in [0, 0.05) is 18.2 Å². The molecule has 23 heavy (non-hydrogen) atoms. The van der Waals surface area contributed by atoms with E-state index < -0.39 is 0 Å². The number of nitrogens with two attached hydrogens (primary N) is 1. The number of hydrogen-bond acceptors (Lipinski definition) is 2. The minimum Gasteiger partial charge on any atom is -0.350 e. The Morgan fingerprint density at radius 2 is 1.61 bits per heavy atom. The molecule has 1 atom stereocenters. The molecule has 0 radical (unpaired) electrons. The maximum atomic E-state index is 12.2. The zero-order valence-electron chi connectivity index (χ0n) is 13.9. The molecule has 4 heteroatoms. The first-order valence-corrected chi connectivity index (χ1v) is 7.68. The van der Waals surface area contributed by atoms with Crippen LogP contribution in [0.5, 0.6) is 0 Å². The number of carbonyl (C=O) groups excluding carboxylic acids is 1. The second-order valence-electron chi connectivity index (χ2n) is 5.95. The lowest BCUT2D eigenvalue weighted by Crippen LogP contribution is -2.32. The SMILES string of the molecule is Cc1ccccc1C(=O)NCC(N)c1ccc(C(C)C)cc1.Cl. The van der Waals surface area contributed by atoms with Crippen LogP contribution in [0.4, 0.5) is 0 Å². The Kier molecular flexibility index (Phi) is 7.27. The zero-order chi connectivity index (χ0) is 16.1. The van der Waals surface area contributed by atoms with Crippen LogP contribution in [0.3, 0.4) is 0 Å². The predicted octanol–water partition coefficient (Wildman–Crippen LogP) is 3.97. The number of halogens is 1. The average Bonchev–Trinajstić information content (AvgIpc) is 2.52. The summed E-state index contributed by atoms with van der Waals surface area (Å²) >= 11 is 0. The number of rotatable bonds is 5. The molecule has 2 rings (SSSR count). The summed E-state index contributed by atoms with van der Waals surface area (Å²) < 4.78 is 0. The lowest BCUT2D eigenvalue weighted by molar-refractivity contribution is 0.0950. The topological polar surface area (TPSA) is 55.1 Å². The Labute approximate surface area is 144 Å². The summed E-state index contributed by atoms with van der Waals surface area (Å²) in [4.78, 5) is 12.2. The van der Waals surface area contributed by atoms with Gasteiger partial charge in [0.15, 0.2) is 0 Å². The summed E-state index contributed by atoms with van der Waals surface area (Å²) in [5.74, 6) is 0.429. The summed E-state index contributed by atoms with van der Waals surface area (Å²) in [5.41, 5.74) is 10.2. The Morgan fingerprint density at radius 3 is 2.17 bits per heavy atom. The zero-order valence-corrected chi connectivity index (χ0v) is 14.7. The van der Waals surface area contributed by atoms with Gasteiger partial charge in [-0.15, -0.1) is 12.4 Å². The van der Waals surface area contributed by atoms with Gasteiger partial charge in [0.1, 0.15) is 0 Å². The summed E-state index contributed by atoms with van der Waals surface area (Å²) in [7, 11) is 0. The fourth-order valence-electron chi connectivity index (χ4n) is 2.37. The molecular formula is C19H25ClN2O. The number of carbonyl (C=O) groups is 1. The van der Waals surface area contributed by atoms with Gasteiger partial charge < -0.3 is 11.1 Å². The molecule has 0 fully saturated rings. The average molecular weight is 333 g/mol. The van der Waals surface area contributed by atoms with Crippen molar-refractivity contribution in [2.24, 2.45) is 5.73 Å². The first-order chi connectivity index (χ1) is 10.5. The lowest BCUT2D eigenvalue weighted by Gasteiger charge is -2.15. The molecule has 1 unspecified atom stereocenters. The van der Waals surface area contributed by atoms with Crippen LogP contribution in [0.2, 0.25) is 0 Å². The lowest BCUT2D eigenvalue weighted by atomic mass is 9.99. The molecule has 124 valence electrons. The highest BCUT2D eigenvalue weighted by Crippen LogP contribution is 2.17. The van der Waals surface area contributed by atoms with Crippen LogP contribution in [0, 0.1) is 6.92 Å². The van der Waals surface area contributed by atoms with Gasteiger partial charge in [0.25, 0.3) is 5.91 Å². The van der Waals surface area contributed by atoms with E-state index >= 15 is 0 Å². The number of amides is 1. The van der Waals surface area contributed by atoms with Crippen molar-refractivity contribution in [3.05, 3.63) is 70.8 Å². The third kappa shape index (κ3) is 5.08. The summed E-state index contributed by atoms with van der Waals surface area (Å²) in [6, 6.07) is 15.6. The quantitative estimate of drug-likeness (QED) is 0.870. The largest absolute Gasteiger partial charge is 0.350 e. The molecule has 0 saturated carbocycles. The standard InChI is InChI=1S/C19H24N2O.ClH/c1-13(2)15-8-10-16(11-9-15)18(20)12-21-19(22)17-7-5-4-6-14(17)3;/h4-11,13,18H,12,20H2,1-3H3,(H,21,22);1H. The van der Waals surface area contributed by atoms with E-state index in [9.17, 15) is 4.79 Å². The maximum absolute atomic E-state index is 12.2. The van der Waals surface area contributed by atoms with Crippen molar-refractivity contribution in [1.29, 1.82) is 0 Å². The van der Waals surface area contributed by atoms with Crippen LogP contribution in [0.25, 0.3) is 0 Å². The van der Waals surface area contributed by atoms with Crippen molar-refractivity contribution in [2.75, 3.05) is 6.54 Å². The molecule has 3 N–H and O–H groups in total. The first-order valence-electron chi connectivity index (χ1n) is 7.68. The minimum absolute atomic E-state index is 0. The van der Waals surface area contributed by atoms with E-state index in [2.05, 4.69) is 31.3 Å².